The van der Waals surface area contributed by atoms with Gasteiger partial charge in [0.25, 0.3) is 0 Å². The normalized spacial score (nSPS) is 29.0. The van der Waals surface area contributed by atoms with E-state index in [1.54, 1.807) is 6.92 Å². The number of rotatable bonds is 2. The van der Waals surface area contributed by atoms with Crippen molar-refractivity contribution in [3.63, 3.8) is 0 Å². The van der Waals surface area contributed by atoms with Crippen molar-refractivity contribution in [2.24, 2.45) is 0 Å². The van der Waals surface area contributed by atoms with Crippen molar-refractivity contribution < 1.29 is 9.53 Å². The third kappa shape index (κ3) is 2.44. The van der Waals surface area contributed by atoms with Crippen molar-refractivity contribution >= 4 is 5.91 Å². The van der Waals surface area contributed by atoms with Crippen LogP contribution in [0.5, 0.6) is 0 Å². The lowest BCUT2D eigenvalue weighted by atomic mass is 10.1. The molecule has 1 aliphatic heterocycles. The van der Waals surface area contributed by atoms with Crippen LogP contribution in [-0.4, -0.2) is 29.7 Å². The van der Waals surface area contributed by atoms with Crippen molar-refractivity contribution in [2.75, 3.05) is 6.61 Å². The topological polar surface area (TPSA) is 29.5 Å². The summed E-state index contributed by atoms with van der Waals surface area (Å²) >= 11 is 0. The Morgan fingerprint density at radius 1 is 1.62 bits per heavy atom. The predicted octanol–water partition coefficient (Wildman–Crippen LogP) is 1.77. The Balaban J connectivity index is 2.62. The summed E-state index contributed by atoms with van der Waals surface area (Å²) in [5, 5.41) is 0. The first-order valence-corrected chi connectivity index (χ1v) is 5.07. The van der Waals surface area contributed by atoms with E-state index >= 15 is 0 Å². The molecule has 0 aromatic rings. The molecule has 13 heavy (non-hydrogen) atoms. The highest BCUT2D eigenvalue weighted by atomic mass is 16.5. The SMILES string of the molecule is CCC[C@@H]1OCC[C@@H](C)N1C(C)=O. The van der Waals surface area contributed by atoms with Gasteiger partial charge in [-0.05, 0) is 19.8 Å². The van der Waals surface area contributed by atoms with Crippen molar-refractivity contribution in [3.8, 4) is 0 Å². The van der Waals surface area contributed by atoms with E-state index in [1.807, 2.05) is 4.90 Å². The van der Waals surface area contributed by atoms with E-state index in [-0.39, 0.29) is 12.1 Å². The fourth-order valence-corrected chi connectivity index (χ4v) is 1.86. The average Bonchev–Trinajstić information content (AvgIpc) is 2.04. The Morgan fingerprint density at radius 2 is 2.31 bits per heavy atom. The van der Waals surface area contributed by atoms with E-state index in [0.717, 1.165) is 25.9 Å². The number of nitrogens with zero attached hydrogens (tertiary/aromatic N) is 1. The summed E-state index contributed by atoms with van der Waals surface area (Å²) in [4.78, 5) is 13.2. The van der Waals surface area contributed by atoms with Crippen LogP contribution in [0.25, 0.3) is 0 Å². The zero-order chi connectivity index (χ0) is 9.84. The lowest BCUT2D eigenvalue weighted by molar-refractivity contribution is -0.161. The van der Waals surface area contributed by atoms with Crippen LogP contribution in [0, 0.1) is 0 Å². The van der Waals surface area contributed by atoms with Crippen LogP contribution < -0.4 is 0 Å². The smallest absolute Gasteiger partial charge is 0.221 e. The molecule has 0 radical (unpaired) electrons. The summed E-state index contributed by atoms with van der Waals surface area (Å²) in [5.41, 5.74) is 0. The van der Waals surface area contributed by atoms with Gasteiger partial charge in [-0.2, -0.15) is 0 Å². The number of carbonyl (C=O) groups is 1. The highest BCUT2D eigenvalue weighted by Crippen LogP contribution is 2.20. The van der Waals surface area contributed by atoms with Crippen LogP contribution in [0.15, 0.2) is 0 Å². The minimum absolute atomic E-state index is 0.0197. The fourth-order valence-electron chi connectivity index (χ4n) is 1.86. The minimum Gasteiger partial charge on any atom is -0.358 e. The molecule has 0 bridgehead atoms. The van der Waals surface area contributed by atoms with E-state index in [4.69, 9.17) is 4.74 Å². The second-order valence-electron chi connectivity index (χ2n) is 3.68. The molecule has 0 aromatic carbocycles. The molecule has 0 unspecified atom stereocenters. The second kappa shape index (κ2) is 4.61. The zero-order valence-electron chi connectivity index (χ0n) is 8.75. The molecule has 0 N–H and O–H groups in total. The molecule has 0 aromatic heterocycles. The van der Waals surface area contributed by atoms with Crippen molar-refractivity contribution in [3.05, 3.63) is 0 Å². The Hall–Kier alpha value is -0.570. The van der Waals surface area contributed by atoms with Gasteiger partial charge in [0, 0.05) is 13.0 Å². The van der Waals surface area contributed by atoms with E-state index in [1.165, 1.54) is 0 Å². The number of carbonyl (C=O) groups excluding carboxylic acids is 1. The van der Waals surface area contributed by atoms with Crippen LogP contribution in [0.2, 0.25) is 0 Å². The van der Waals surface area contributed by atoms with Gasteiger partial charge >= 0.3 is 0 Å². The van der Waals surface area contributed by atoms with Crippen LogP contribution in [-0.2, 0) is 9.53 Å². The molecule has 3 nitrogen and oxygen atoms in total. The monoisotopic (exact) mass is 185 g/mol. The molecule has 3 heteroatoms. The van der Waals surface area contributed by atoms with E-state index in [2.05, 4.69) is 13.8 Å². The van der Waals surface area contributed by atoms with Crippen LogP contribution in [0.1, 0.15) is 40.0 Å². The fraction of sp³-hybridized carbons (Fsp3) is 0.900. The lowest BCUT2D eigenvalue weighted by Gasteiger charge is -2.39. The molecule has 0 saturated carbocycles. The highest BCUT2D eigenvalue weighted by Gasteiger charge is 2.29. The first kappa shape index (κ1) is 10.5. The Bertz CT molecular complexity index is 180. The van der Waals surface area contributed by atoms with Gasteiger partial charge in [0.1, 0.15) is 6.23 Å². The largest absolute Gasteiger partial charge is 0.358 e. The third-order valence-corrected chi connectivity index (χ3v) is 2.53. The van der Waals surface area contributed by atoms with Crippen molar-refractivity contribution in [1.82, 2.24) is 4.90 Å². The zero-order valence-corrected chi connectivity index (χ0v) is 8.75. The molecule has 0 aliphatic carbocycles. The van der Waals surface area contributed by atoms with Gasteiger partial charge in [0.15, 0.2) is 0 Å². The highest BCUT2D eigenvalue weighted by molar-refractivity contribution is 5.73. The van der Waals surface area contributed by atoms with Crippen LogP contribution in [0.3, 0.4) is 0 Å². The molecule has 2 atom stereocenters. The number of ether oxygens (including phenoxy) is 1. The first-order valence-electron chi connectivity index (χ1n) is 5.07. The molecular formula is C10H19NO2. The van der Waals surface area contributed by atoms with Crippen molar-refractivity contribution in [1.29, 1.82) is 0 Å². The molecule has 1 aliphatic rings. The number of amides is 1. The van der Waals surface area contributed by atoms with Gasteiger partial charge in [0.05, 0.1) is 6.61 Å². The van der Waals surface area contributed by atoms with Gasteiger partial charge in [-0.1, -0.05) is 13.3 Å². The van der Waals surface area contributed by atoms with E-state index in [9.17, 15) is 4.79 Å². The van der Waals surface area contributed by atoms with Crippen LogP contribution in [0.4, 0.5) is 0 Å². The number of hydrogen-bond donors (Lipinski definition) is 0. The Labute approximate surface area is 80.1 Å². The van der Waals surface area contributed by atoms with Gasteiger partial charge in [-0.15, -0.1) is 0 Å². The summed E-state index contributed by atoms with van der Waals surface area (Å²) in [7, 11) is 0. The van der Waals surface area contributed by atoms with Gasteiger partial charge < -0.3 is 9.64 Å². The molecule has 1 rings (SSSR count). The lowest BCUT2D eigenvalue weighted by Crippen LogP contribution is -2.50. The number of hydrogen-bond acceptors (Lipinski definition) is 2. The third-order valence-electron chi connectivity index (χ3n) is 2.53. The minimum atomic E-state index is 0.0197. The summed E-state index contributed by atoms with van der Waals surface area (Å²) in [6, 6.07) is 0.336. The van der Waals surface area contributed by atoms with E-state index < -0.39 is 0 Å². The molecule has 1 amide bonds. The molecule has 1 saturated heterocycles. The van der Waals surface area contributed by atoms with Gasteiger partial charge in [0.2, 0.25) is 5.91 Å². The molecule has 1 heterocycles. The summed E-state index contributed by atoms with van der Waals surface area (Å²) in [6.45, 7) is 6.61. The summed E-state index contributed by atoms with van der Waals surface area (Å²) in [5.74, 6) is 0.130. The average molecular weight is 185 g/mol. The molecule has 76 valence electrons. The Morgan fingerprint density at radius 3 is 2.85 bits per heavy atom. The van der Waals surface area contributed by atoms with Gasteiger partial charge in [-0.25, -0.2) is 0 Å². The predicted molar refractivity (Wildman–Crippen MR) is 51.2 cm³/mol. The van der Waals surface area contributed by atoms with Crippen LogP contribution >= 0.6 is 0 Å². The quantitative estimate of drug-likeness (QED) is 0.656. The standard InChI is InChI=1S/C10H19NO2/c1-4-5-10-11(9(3)12)8(2)6-7-13-10/h8,10H,4-7H2,1-3H3/t8-,10+/m1/s1. The maximum atomic E-state index is 11.3. The summed E-state index contributed by atoms with van der Waals surface area (Å²) in [6.07, 6.45) is 2.98. The molecular weight excluding hydrogens is 166 g/mol. The maximum absolute atomic E-state index is 11.3. The summed E-state index contributed by atoms with van der Waals surface area (Å²) < 4.78 is 5.57. The molecule has 0 spiro atoms. The Kier molecular flexibility index (Phi) is 3.72. The first-order chi connectivity index (χ1) is 6.16. The van der Waals surface area contributed by atoms with Gasteiger partial charge in [-0.3, -0.25) is 4.79 Å². The maximum Gasteiger partial charge on any atom is 0.221 e. The second-order valence-corrected chi connectivity index (χ2v) is 3.68. The van der Waals surface area contributed by atoms with E-state index in [0.29, 0.717) is 6.04 Å². The molecule has 1 fully saturated rings. The van der Waals surface area contributed by atoms with Crippen molar-refractivity contribution in [2.45, 2.75) is 52.3 Å².